The van der Waals surface area contributed by atoms with Crippen LogP contribution in [0.3, 0.4) is 0 Å². The van der Waals surface area contributed by atoms with Crippen molar-refractivity contribution >= 4 is 23.9 Å². The van der Waals surface area contributed by atoms with Crippen LogP contribution < -0.4 is 0 Å². The average molecular weight is 977 g/mol. The zero-order valence-corrected chi connectivity index (χ0v) is 38.1. The molecule has 3 fully saturated rings. The van der Waals surface area contributed by atoms with Crippen molar-refractivity contribution in [2.24, 2.45) is 35.5 Å². The van der Waals surface area contributed by atoms with Crippen LogP contribution in [0.4, 0.5) is 0 Å². The monoisotopic (exact) mass is 976 g/mol. The second-order valence-electron chi connectivity index (χ2n) is 17.1. The van der Waals surface area contributed by atoms with Gasteiger partial charge in [0.25, 0.3) is 0 Å². The van der Waals surface area contributed by atoms with Gasteiger partial charge in [-0.2, -0.15) is 0 Å². The largest absolute Gasteiger partial charge is 0.468 e. The van der Waals surface area contributed by atoms with Crippen molar-refractivity contribution in [3.05, 3.63) is 47.0 Å². The van der Waals surface area contributed by atoms with Gasteiger partial charge in [0.05, 0.1) is 83.3 Å². The molecule has 0 spiro atoms. The molecule has 24 heteroatoms. The molecule has 0 bridgehead atoms. The van der Waals surface area contributed by atoms with E-state index in [1.807, 2.05) is 0 Å². The molecule has 0 amide bonds. The summed E-state index contributed by atoms with van der Waals surface area (Å²) in [5.74, 6) is -7.89. The van der Waals surface area contributed by atoms with E-state index < -0.39 is 172 Å². The lowest BCUT2D eigenvalue weighted by Crippen LogP contribution is -2.60. The van der Waals surface area contributed by atoms with Gasteiger partial charge in [0.15, 0.2) is 12.6 Å². The highest BCUT2D eigenvalue weighted by Crippen LogP contribution is 2.43. The highest BCUT2D eigenvalue weighted by atomic mass is 16.8. The summed E-state index contributed by atoms with van der Waals surface area (Å²) in [5, 5.41) is 103. The standard InChI is InChI=1S/C44H64O24/c1-6-20-23(26(39(57)59-4)16-63-41(20)67-43-37(55)35(53)33(51)29(12-46)65-43)9-31(49)61-14-19(11-45)22-8-28(48)18(3)25(22)15-62-32(50)10-24-21(7-2)42(64-17-27(24)40(58)60-5)68-44-38(56)36(54)34(52)30(13-47)66-44/h6-7,16-19,22-25,28-30,33-38,41-48,51-56H,8-15H2,1-5H3/b20-6+,21-7+/t18-,19+,22+,23+,24+,25-,28-,29-,30-,33-,34-,35+,36+,37-,38-,41+,42+,43+,44+/m1/s1. The molecule has 0 unspecified atom stereocenters. The van der Waals surface area contributed by atoms with Crippen molar-refractivity contribution in [2.75, 3.05) is 47.3 Å². The van der Waals surface area contributed by atoms with Gasteiger partial charge in [-0.25, -0.2) is 9.59 Å². The zero-order valence-electron chi connectivity index (χ0n) is 38.1. The fourth-order valence-corrected chi connectivity index (χ4v) is 9.16. The van der Waals surface area contributed by atoms with E-state index >= 15 is 0 Å². The Morgan fingerprint density at radius 3 is 1.51 bits per heavy atom. The Labute approximate surface area is 390 Å². The summed E-state index contributed by atoms with van der Waals surface area (Å²) in [4.78, 5) is 52.9. The fourth-order valence-electron chi connectivity index (χ4n) is 9.16. The van der Waals surface area contributed by atoms with E-state index in [1.165, 1.54) is 12.2 Å². The number of methoxy groups -OCH3 is 2. The molecular formula is C44H64O24. The Bertz CT molecular complexity index is 1860. The van der Waals surface area contributed by atoms with Gasteiger partial charge < -0.3 is 98.4 Å². The minimum absolute atomic E-state index is 0.0933. The van der Waals surface area contributed by atoms with Crippen LogP contribution in [0, 0.1) is 35.5 Å². The van der Waals surface area contributed by atoms with Gasteiger partial charge in [0.2, 0.25) is 12.6 Å². The number of aliphatic hydroxyl groups is 10. The lowest BCUT2D eigenvalue weighted by molar-refractivity contribution is -0.327. The van der Waals surface area contributed by atoms with E-state index in [0.29, 0.717) is 0 Å². The molecule has 5 rings (SSSR count). The van der Waals surface area contributed by atoms with Gasteiger partial charge in [0.1, 0.15) is 48.8 Å². The van der Waals surface area contributed by atoms with Crippen LogP contribution >= 0.6 is 0 Å². The first-order valence-corrected chi connectivity index (χ1v) is 22.1. The van der Waals surface area contributed by atoms with Gasteiger partial charge in [-0.1, -0.05) is 19.1 Å². The molecule has 0 aromatic carbocycles. The van der Waals surface area contributed by atoms with E-state index in [9.17, 15) is 70.2 Å². The van der Waals surface area contributed by atoms with Gasteiger partial charge in [0, 0.05) is 41.4 Å². The molecule has 0 aromatic rings. The van der Waals surface area contributed by atoms with Crippen molar-refractivity contribution in [2.45, 2.75) is 120 Å². The quantitative estimate of drug-likeness (QED) is 0.0365. The Kier molecular flexibility index (Phi) is 19.9. The molecule has 19 atom stereocenters. The van der Waals surface area contributed by atoms with Crippen molar-refractivity contribution in [3.8, 4) is 0 Å². The molecule has 24 nitrogen and oxygen atoms in total. The molecule has 384 valence electrons. The third-order valence-electron chi connectivity index (χ3n) is 13.3. The molecule has 0 radical (unpaired) electrons. The van der Waals surface area contributed by atoms with Crippen molar-refractivity contribution < 1.29 is 118 Å². The van der Waals surface area contributed by atoms with Gasteiger partial charge in [-0.05, 0) is 32.1 Å². The number of ether oxygens (including phenoxy) is 10. The van der Waals surface area contributed by atoms with Crippen LogP contribution in [0.25, 0.3) is 0 Å². The van der Waals surface area contributed by atoms with Crippen LogP contribution in [0.2, 0.25) is 0 Å². The predicted octanol–water partition coefficient (Wildman–Crippen LogP) is -3.32. The van der Waals surface area contributed by atoms with Gasteiger partial charge in [-0.3, -0.25) is 9.59 Å². The van der Waals surface area contributed by atoms with E-state index in [4.69, 9.17) is 47.4 Å². The van der Waals surface area contributed by atoms with Crippen LogP contribution in [0.15, 0.2) is 47.0 Å². The number of hydrogen-bond donors (Lipinski definition) is 10. The van der Waals surface area contributed by atoms with Gasteiger partial charge in [-0.15, -0.1) is 0 Å². The average Bonchev–Trinajstić information content (AvgIpc) is 3.61. The number of esters is 4. The molecule has 0 aromatic heterocycles. The zero-order chi connectivity index (χ0) is 50.1. The Morgan fingerprint density at radius 2 is 1.12 bits per heavy atom. The molecular weight excluding hydrogens is 912 g/mol. The lowest BCUT2D eigenvalue weighted by atomic mass is 9.82. The third-order valence-corrected chi connectivity index (χ3v) is 13.3. The Hall–Kier alpha value is -4.12. The van der Waals surface area contributed by atoms with E-state index in [0.717, 1.165) is 26.7 Å². The highest BCUT2D eigenvalue weighted by molar-refractivity contribution is 5.91. The number of carbonyl (C=O) groups is 4. The molecule has 2 saturated heterocycles. The molecule has 68 heavy (non-hydrogen) atoms. The van der Waals surface area contributed by atoms with Crippen molar-refractivity contribution in [1.29, 1.82) is 0 Å². The summed E-state index contributed by atoms with van der Waals surface area (Å²) in [6.45, 7) is 2.25. The molecule has 4 heterocycles. The second-order valence-corrected chi connectivity index (χ2v) is 17.1. The molecule has 5 aliphatic rings. The van der Waals surface area contributed by atoms with Crippen molar-refractivity contribution in [3.63, 3.8) is 0 Å². The van der Waals surface area contributed by atoms with Crippen LogP contribution in [-0.2, 0) is 66.5 Å². The van der Waals surface area contributed by atoms with E-state index in [-0.39, 0.29) is 41.9 Å². The third kappa shape index (κ3) is 12.1. The SMILES string of the molecule is C/C=C1/[C@H](O[C@@H]2O[C@H](CO)[C@@H](O)[C@H](O)[C@H]2O)OC=C(C(=O)OC)[C@H]1CC(=O)OC[C@H](CO)[C@@H]1C[C@@H](O)[C@H](C)[C@H]1COC(=O)C[C@@H]1C(C(=O)OC)=CO[C@@H](O[C@@H]2O[C@H](CO)[C@@H](O)[C@H](O)[C@H]2O)/C1=C/C. The van der Waals surface area contributed by atoms with Crippen LogP contribution in [0.5, 0.6) is 0 Å². The molecule has 1 saturated carbocycles. The first-order chi connectivity index (χ1) is 32.4. The molecule has 4 aliphatic heterocycles. The Balaban J connectivity index is 1.24. The summed E-state index contributed by atoms with van der Waals surface area (Å²) in [7, 11) is 2.23. The maximum Gasteiger partial charge on any atom is 0.337 e. The topological polar surface area (TPSA) is 363 Å². The number of aliphatic hydroxyl groups excluding tert-OH is 10. The molecule has 10 N–H and O–H groups in total. The summed E-state index contributed by atoms with van der Waals surface area (Å²) in [6.07, 6.45) is -15.8. The predicted molar refractivity (Wildman–Crippen MR) is 223 cm³/mol. The minimum Gasteiger partial charge on any atom is -0.468 e. The summed E-state index contributed by atoms with van der Waals surface area (Å²) in [6, 6.07) is 0. The smallest absolute Gasteiger partial charge is 0.337 e. The van der Waals surface area contributed by atoms with E-state index in [2.05, 4.69) is 0 Å². The number of rotatable bonds is 18. The van der Waals surface area contributed by atoms with Gasteiger partial charge >= 0.3 is 23.9 Å². The Morgan fingerprint density at radius 1 is 0.676 bits per heavy atom. The first-order valence-electron chi connectivity index (χ1n) is 22.1. The second kappa shape index (κ2) is 24.6. The van der Waals surface area contributed by atoms with Crippen molar-refractivity contribution in [1.82, 2.24) is 0 Å². The number of allylic oxidation sites excluding steroid dienone is 2. The van der Waals surface area contributed by atoms with E-state index in [1.54, 1.807) is 20.8 Å². The lowest BCUT2D eigenvalue weighted by Gasteiger charge is -2.42. The van der Waals surface area contributed by atoms with Crippen LogP contribution in [-0.4, -0.2) is 202 Å². The normalized spacial score (nSPS) is 38.9. The summed E-state index contributed by atoms with van der Waals surface area (Å²) < 4.78 is 55.0. The number of carbonyl (C=O) groups excluding carboxylic acids is 4. The maximum absolute atomic E-state index is 13.6. The first kappa shape index (κ1) is 54.8. The minimum atomic E-state index is -1.79. The highest BCUT2D eigenvalue weighted by Gasteiger charge is 2.50. The summed E-state index contributed by atoms with van der Waals surface area (Å²) >= 11 is 0. The molecule has 1 aliphatic carbocycles. The maximum atomic E-state index is 13.6. The fraction of sp³-hybridized carbons (Fsp3) is 0.727. The summed E-state index contributed by atoms with van der Waals surface area (Å²) in [5.41, 5.74) is 0.181. The van der Waals surface area contributed by atoms with Crippen LogP contribution in [0.1, 0.15) is 40.0 Å². The number of hydrogen-bond acceptors (Lipinski definition) is 24.